The molecular weight excluding hydrogens is 210 g/mol. The maximum atomic E-state index is 3.55. The fraction of sp³-hybridized carbons (Fsp3) is 0.636. The highest BCUT2D eigenvalue weighted by Crippen LogP contribution is 2.10. The Morgan fingerprint density at radius 3 is 3.07 bits per heavy atom. The molecule has 0 aliphatic rings. The van der Waals surface area contributed by atoms with Crippen molar-refractivity contribution in [2.24, 2.45) is 0 Å². The van der Waals surface area contributed by atoms with Crippen LogP contribution in [0.3, 0.4) is 0 Å². The molecule has 0 amide bonds. The van der Waals surface area contributed by atoms with Gasteiger partial charge in [-0.05, 0) is 49.8 Å². The van der Waals surface area contributed by atoms with E-state index in [2.05, 4.69) is 36.0 Å². The number of hydrogen-bond donors (Lipinski definition) is 1. The zero-order chi connectivity index (χ0) is 10.2. The fourth-order valence-corrected chi connectivity index (χ4v) is 2.64. The van der Waals surface area contributed by atoms with Crippen LogP contribution in [-0.2, 0) is 6.42 Å². The van der Waals surface area contributed by atoms with Crippen LogP contribution < -0.4 is 5.32 Å². The molecule has 0 bridgehead atoms. The number of nitrogens with one attached hydrogen (secondary N) is 1. The lowest BCUT2D eigenvalue weighted by molar-refractivity contribution is 0.548. The molecule has 3 heteroatoms. The van der Waals surface area contributed by atoms with Crippen molar-refractivity contribution in [1.82, 2.24) is 5.32 Å². The van der Waals surface area contributed by atoms with E-state index in [1.807, 2.05) is 23.1 Å². The second-order valence-corrected chi connectivity index (χ2v) is 5.50. The second kappa shape index (κ2) is 7.32. The monoisotopic (exact) mass is 229 g/mol. The molecule has 1 heterocycles. The second-order valence-electron chi connectivity index (χ2n) is 3.49. The third-order valence-electron chi connectivity index (χ3n) is 2.11. The lowest BCUT2D eigenvalue weighted by atomic mass is 10.2. The highest BCUT2D eigenvalue weighted by Gasteiger charge is 2.02. The summed E-state index contributed by atoms with van der Waals surface area (Å²) in [6, 6.07) is 4.95. The lowest BCUT2D eigenvalue weighted by Crippen LogP contribution is -2.28. The van der Waals surface area contributed by atoms with Gasteiger partial charge in [0.05, 0.1) is 0 Å². The molecule has 0 aliphatic heterocycles. The minimum atomic E-state index is 0.607. The summed E-state index contributed by atoms with van der Waals surface area (Å²) in [5, 5.41) is 5.70. The Bertz CT molecular complexity index is 221. The molecular formula is C11H19NS2. The van der Waals surface area contributed by atoms with E-state index in [0.717, 1.165) is 13.0 Å². The largest absolute Gasteiger partial charge is 0.314 e. The van der Waals surface area contributed by atoms with Crippen LogP contribution >= 0.6 is 23.1 Å². The van der Waals surface area contributed by atoms with Gasteiger partial charge in [-0.2, -0.15) is 11.8 Å². The standard InChI is InChI=1S/C11H19NS2/c1-10(12-6-4-7-13-2)9-11-5-3-8-14-11/h3,5,8,10,12H,4,6-7,9H2,1-2H3. The molecule has 1 aromatic rings. The minimum absolute atomic E-state index is 0.607. The van der Waals surface area contributed by atoms with Gasteiger partial charge in [0.15, 0.2) is 0 Å². The third-order valence-corrected chi connectivity index (χ3v) is 3.70. The van der Waals surface area contributed by atoms with Crippen molar-refractivity contribution in [3.63, 3.8) is 0 Å². The number of hydrogen-bond acceptors (Lipinski definition) is 3. The predicted octanol–water partition coefficient (Wildman–Crippen LogP) is 3.02. The van der Waals surface area contributed by atoms with Crippen LogP contribution in [0.15, 0.2) is 17.5 Å². The average molecular weight is 229 g/mol. The maximum Gasteiger partial charge on any atom is 0.00870 e. The molecule has 0 aromatic carbocycles. The Morgan fingerprint density at radius 2 is 2.43 bits per heavy atom. The van der Waals surface area contributed by atoms with Gasteiger partial charge < -0.3 is 5.32 Å². The highest BCUT2D eigenvalue weighted by molar-refractivity contribution is 7.98. The molecule has 14 heavy (non-hydrogen) atoms. The molecule has 0 fully saturated rings. The van der Waals surface area contributed by atoms with E-state index in [1.165, 1.54) is 17.1 Å². The normalized spacial score (nSPS) is 13.0. The Kier molecular flexibility index (Phi) is 6.32. The summed E-state index contributed by atoms with van der Waals surface area (Å²) in [5.74, 6) is 1.26. The Labute approximate surface area is 95.3 Å². The van der Waals surface area contributed by atoms with Crippen molar-refractivity contribution in [1.29, 1.82) is 0 Å². The lowest BCUT2D eigenvalue weighted by Gasteiger charge is -2.12. The maximum absolute atomic E-state index is 3.55. The zero-order valence-electron chi connectivity index (χ0n) is 8.95. The summed E-state index contributed by atoms with van der Waals surface area (Å²) in [6.07, 6.45) is 4.60. The molecule has 0 radical (unpaired) electrons. The topological polar surface area (TPSA) is 12.0 Å². The van der Waals surface area contributed by atoms with Gasteiger partial charge in [-0.25, -0.2) is 0 Å². The van der Waals surface area contributed by atoms with Gasteiger partial charge in [0.1, 0.15) is 0 Å². The highest BCUT2D eigenvalue weighted by atomic mass is 32.2. The van der Waals surface area contributed by atoms with E-state index in [1.54, 1.807) is 0 Å². The molecule has 1 nitrogen and oxygen atoms in total. The molecule has 0 saturated heterocycles. The average Bonchev–Trinajstić information content (AvgIpc) is 2.65. The van der Waals surface area contributed by atoms with Gasteiger partial charge >= 0.3 is 0 Å². The van der Waals surface area contributed by atoms with Crippen molar-refractivity contribution in [2.45, 2.75) is 25.8 Å². The smallest absolute Gasteiger partial charge is 0.00870 e. The summed E-state index contributed by atoms with van der Waals surface area (Å²) in [5.41, 5.74) is 0. The summed E-state index contributed by atoms with van der Waals surface area (Å²) >= 11 is 3.77. The van der Waals surface area contributed by atoms with Gasteiger partial charge in [-0.3, -0.25) is 0 Å². The van der Waals surface area contributed by atoms with Gasteiger partial charge in [0.25, 0.3) is 0 Å². The van der Waals surface area contributed by atoms with Crippen molar-refractivity contribution in [3.8, 4) is 0 Å². The van der Waals surface area contributed by atoms with Crippen LogP contribution in [-0.4, -0.2) is 24.6 Å². The van der Waals surface area contributed by atoms with Crippen LogP contribution in [0.4, 0.5) is 0 Å². The third kappa shape index (κ3) is 5.03. The van der Waals surface area contributed by atoms with Gasteiger partial charge in [0, 0.05) is 10.9 Å². The Balaban J connectivity index is 2.07. The minimum Gasteiger partial charge on any atom is -0.314 e. The van der Waals surface area contributed by atoms with Crippen LogP contribution in [0.25, 0.3) is 0 Å². The summed E-state index contributed by atoms with van der Waals surface area (Å²) in [7, 11) is 0. The molecule has 0 saturated carbocycles. The summed E-state index contributed by atoms with van der Waals surface area (Å²) in [4.78, 5) is 1.48. The van der Waals surface area contributed by atoms with Crippen molar-refractivity contribution in [3.05, 3.63) is 22.4 Å². The van der Waals surface area contributed by atoms with Crippen molar-refractivity contribution < 1.29 is 0 Å². The van der Waals surface area contributed by atoms with E-state index in [4.69, 9.17) is 0 Å². The predicted molar refractivity (Wildman–Crippen MR) is 68.5 cm³/mol. The van der Waals surface area contributed by atoms with Crippen LogP contribution in [0.2, 0.25) is 0 Å². The first kappa shape index (κ1) is 12.1. The molecule has 1 rings (SSSR count). The molecule has 1 N–H and O–H groups in total. The van der Waals surface area contributed by atoms with E-state index in [0.29, 0.717) is 6.04 Å². The first-order chi connectivity index (χ1) is 6.83. The van der Waals surface area contributed by atoms with E-state index in [9.17, 15) is 0 Å². The van der Waals surface area contributed by atoms with E-state index in [-0.39, 0.29) is 0 Å². The van der Waals surface area contributed by atoms with E-state index >= 15 is 0 Å². The summed E-state index contributed by atoms with van der Waals surface area (Å²) in [6.45, 7) is 3.41. The van der Waals surface area contributed by atoms with Gasteiger partial charge in [-0.15, -0.1) is 11.3 Å². The van der Waals surface area contributed by atoms with Crippen molar-refractivity contribution in [2.75, 3.05) is 18.6 Å². The molecule has 0 aliphatic carbocycles. The molecule has 80 valence electrons. The SMILES string of the molecule is CSCCCNC(C)Cc1cccs1. The fourth-order valence-electron chi connectivity index (χ4n) is 1.37. The summed E-state index contributed by atoms with van der Waals surface area (Å²) < 4.78 is 0. The van der Waals surface area contributed by atoms with Gasteiger partial charge in [0.2, 0.25) is 0 Å². The van der Waals surface area contributed by atoms with Gasteiger partial charge in [-0.1, -0.05) is 6.07 Å². The number of thioether (sulfide) groups is 1. The molecule has 1 atom stereocenters. The zero-order valence-corrected chi connectivity index (χ0v) is 10.6. The van der Waals surface area contributed by atoms with Crippen LogP contribution in [0, 0.1) is 0 Å². The quantitative estimate of drug-likeness (QED) is 0.721. The van der Waals surface area contributed by atoms with Crippen LogP contribution in [0.5, 0.6) is 0 Å². The number of rotatable bonds is 7. The Hall–Kier alpha value is 0.01000. The van der Waals surface area contributed by atoms with Crippen molar-refractivity contribution >= 4 is 23.1 Å². The molecule has 0 spiro atoms. The molecule has 1 unspecified atom stereocenters. The molecule has 1 aromatic heterocycles. The van der Waals surface area contributed by atoms with Crippen LogP contribution in [0.1, 0.15) is 18.2 Å². The number of thiophene rings is 1. The Morgan fingerprint density at radius 1 is 1.57 bits per heavy atom. The first-order valence-electron chi connectivity index (χ1n) is 5.07. The first-order valence-corrected chi connectivity index (χ1v) is 7.35. The van der Waals surface area contributed by atoms with E-state index < -0.39 is 0 Å².